The molecule has 2 atom stereocenters. The molecule has 3 rings (SSSR count). The van der Waals surface area contributed by atoms with Crippen molar-refractivity contribution in [3.8, 4) is 11.1 Å². The zero-order chi connectivity index (χ0) is 21.9. The van der Waals surface area contributed by atoms with E-state index in [0.717, 1.165) is 5.56 Å². The predicted octanol–water partition coefficient (Wildman–Crippen LogP) is 4.99. The highest BCUT2D eigenvalue weighted by molar-refractivity contribution is 5.97. The van der Waals surface area contributed by atoms with Gasteiger partial charge in [0.25, 0.3) is 0 Å². The van der Waals surface area contributed by atoms with E-state index in [1.165, 1.54) is 18.2 Å². The maximum Gasteiger partial charge on any atom is 0.408 e. The van der Waals surface area contributed by atoms with E-state index in [1.807, 2.05) is 12.1 Å². The Hall–Kier alpha value is -3.22. The number of hydrogen-bond donors (Lipinski definition) is 2. The number of halogens is 1. The van der Waals surface area contributed by atoms with Crippen molar-refractivity contribution in [1.82, 2.24) is 10.3 Å². The van der Waals surface area contributed by atoms with Crippen LogP contribution in [0.1, 0.15) is 45.7 Å². The standard InChI is InChI=1S/C23H26FN3O3/c1-14-6-5-7-19(27-22(29)30-23(2,3)4)16-10-15(12-25-13-16)18-11-17(24)8-9-20(18)26-21(14)28/h5-6,8-14,19H,7H2,1-4H3,(H,26,28)(H,27,29)/b6-5+/t14-,19+/m1/s1. The van der Waals surface area contributed by atoms with Crippen LogP contribution in [-0.4, -0.2) is 22.6 Å². The summed E-state index contributed by atoms with van der Waals surface area (Å²) >= 11 is 0. The van der Waals surface area contributed by atoms with Crippen molar-refractivity contribution >= 4 is 17.7 Å². The summed E-state index contributed by atoms with van der Waals surface area (Å²) in [6, 6.07) is 5.61. The van der Waals surface area contributed by atoms with E-state index in [0.29, 0.717) is 23.2 Å². The zero-order valence-electron chi connectivity index (χ0n) is 17.5. The molecule has 1 aliphatic heterocycles. The van der Waals surface area contributed by atoms with Gasteiger partial charge in [0.05, 0.1) is 12.0 Å². The number of nitrogens with zero attached hydrogens (tertiary/aromatic N) is 1. The highest BCUT2D eigenvalue weighted by atomic mass is 19.1. The molecule has 0 aliphatic carbocycles. The zero-order valence-corrected chi connectivity index (χ0v) is 17.5. The third-order valence-corrected chi connectivity index (χ3v) is 4.61. The fourth-order valence-electron chi connectivity index (χ4n) is 3.14. The smallest absolute Gasteiger partial charge is 0.408 e. The Labute approximate surface area is 175 Å². The lowest BCUT2D eigenvalue weighted by Gasteiger charge is -2.24. The van der Waals surface area contributed by atoms with Gasteiger partial charge < -0.3 is 15.4 Å². The van der Waals surface area contributed by atoms with Crippen LogP contribution in [0, 0.1) is 11.7 Å². The van der Waals surface area contributed by atoms with E-state index in [9.17, 15) is 14.0 Å². The van der Waals surface area contributed by atoms with Crippen LogP contribution in [0.4, 0.5) is 14.9 Å². The monoisotopic (exact) mass is 411 g/mol. The number of pyridine rings is 1. The minimum Gasteiger partial charge on any atom is -0.444 e. The molecule has 0 fully saturated rings. The number of nitrogens with one attached hydrogen (secondary N) is 2. The van der Waals surface area contributed by atoms with Crippen LogP contribution in [0.25, 0.3) is 11.1 Å². The lowest BCUT2D eigenvalue weighted by atomic mass is 9.97. The number of fused-ring (bicyclic) bond motifs is 4. The summed E-state index contributed by atoms with van der Waals surface area (Å²) in [6.45, 7) is 7.15. The Morgan fingerprint density at radius 3 is 2.77 bits per heavy atom. The van der Waals surface area contributed by atoms with Gasteiger partial charge in [-0.1, -0.05) is 19.1 Å². The lowest BCUT2D eigenvalue weighted by Crippen LogP contribution is -2.35. The molecule has 0 saturated carbocycles. The van der Waals surface area contributed by atoms with Gasteiger partial charge in [-0.05, 0) is 57.0 Å². The molecule has 7 heteroatoms. The second-order valence-electron chi connectivity index (χ2n) is 8.34. The van der Waals surface area contributed by atoms with Gasteiger partial charge in [-0.2, -0.15) is 0 Å². The molecule has 2 aromatic rings. The number of carbonyl (C=O) groups excluding carboxylic acids is 2. The van der Waals surface area contributed by atoms with Gasteiger partial charge in [0.15, 0.2) is 0 Å². The fourth-order valence-corrected chi connectivity index (χ4v) is 3.14. The molecule has 0 unspecified atom stereocenters. The first-order valence-electron chi connectivity index (χ1n) is 9.84. The number of carbonyl (C=O) groups is 2. The number of rotatable bonds is 1. The number of alkyl carbamates (subject to hydrolysis) is 1. The largest absolute Gasteiger partial charge is 0.444 e. The lowest BCUT2D eigenvalue weighted by molar-refractivity contribution is -0.118. The average molecular weight is 411 g/mol. The summed E-state index contributed by atoms with van der Waals surface area (Å²) in [7, 11) is 0. The molecular formula is C23H26FN3O3. The SMILES string of the molecule is C[C@@H]1/C=C/C[C@H](NC(=O)OC(C)(C)C)c2cncc(c2)-c2cc(F)ccc2NC1=O. The average Bonchev–Trinajstić information content (AvgIpc) is 2.66. The number of ether oxygens (including phenoxy) is 1. The molecule has 1 aromatic carbocycles. The summed E-state index contributed by atoms with van der Waals surface area (Å²) in [4.78, 5) is 29.2. The maximum atomic E-state index is 14.0. The number of benzene rings is 1. The summed E-state index contributed by atoms with van der Waals surface area (Å²) in [5.74, 6) is -1.03. The van der Waals surface area contributed by atoms with Gasteiger partial charge in [-0.25, -0.2) is 9.18 Å². The van der Waals surface area contributed by atoms with E-state index in [1.54, 1.807) is 46.2 Å². The van der Waals surface area contributed by atoms with Crippen LogP contribution in [0.2, 0.25) is 0 Å². The minimum absolute atomic E-state index is 0.208. The first kappa shape index (κ1) is 21.5. The summed E-state index contributed by atoms with van der Waals surface area (Å²) in [6.07, 6.45) is 6.79. The molecule has 2 heterocycles. The Morgan fingerprint density at radius 1 is 1.27 bits per heavy atom. The minimum atomic E-state index is -0.630. The maximum absolute atomic E-state index is 14.0. The third kappa shape index (κ3) is 5.43. The number of amides is 2. The normalized spacial score (nSPS) is 20.1. The van der Waals surface area contributed by atoms with Crippen LogP contribution in [-0.2, 0) is 9.53 Å². The van der Waals surface area contributed by atoms with Gasteiger partial charge in [-0.15, -0.1) is 0 Å². The first-order valence-corrected chi connectivity index (χ1v) is 9.84. The molecule has 30 heavy (non-hydrogen) atoms. The van der Waals surface area contributed by atoms with Crippen LogP contribution < -0.4 is 10.6 Å². The Morgan fingerprint density at radius 2 is 2.03 bits per heavy atom. The Bertz CT molecular complexity index is 982. The molecule has 2 bridgehead atoms. The molecule has 2 amide bonds. The van der Waals surface area contributed by atoms with Crippen molar-refractivity contribution in [2.24, 2.45) is 5.92 Å². The van der Waals surface area contributed by atoms with Gasteiger partial charge in [0, 0.05) is 29.2 Å². The van der Waals surface area contributed by atoms with Crippen LogP contribution in [0.3, 0.4) is 0 Å². The molecule has 1 aliphatic rings. The van der Waals surface area contributed by atoms with Crippen molar-refractivity contribution < 1.29 is 18.7 Å². The summed E-state index contributed by atoms with van der Waals surface area (Å²) in [5.41, 5.74) is 1.77. The fraction of sp³-hybridized carbons (Fsp3) is 0.348. The molecule has 158 valence electrons. The second-order valence-corrected chi connectivity index (χ2v) is 8.34. The number of hydrogen-bond acceptors (Lipinski definition) is 4. The second kappa shape index (κ2) is 8.65. The quantitative estimate of drug-likeness (QED) is 0.648. The third-order valence-electron chi connectivity index (χ3n) is 4.61. The van der Waals surface area contributed by atoms with Crippen molar-refractivity contribution in [3.63, 3.8) is 0 Å². The van der Waals surface area contributed by atoms with Crippen molar-refractivity contribution in [1.29, 1.82) is 0 Å². The summed E-state index contributed by atoms with van der Waals surface area (Å²) < 4.78 is 19.4. The highest BCUT2D eigenvalue weighted by Gasteiger charge is 2.22. The van der Waals surface area contributed by atoms with Gasteiger partial charge in [0.2, 0.25) is 5.91 Å². The van der Waals surface area contributed by atoms with Crippen LogP contribution in [0.15, 0.2) is 48.8 Å². The van der Waals surface area contributed by atoms with E-state index >= 15 is 0 Å². The molecule has 1 aromatic heterocycles. The van der Waals surface area contributed by atoms with Gasteiger partial charge >= 0.3 is 6.09 Å². The highest BCUT2D eigenvalue weighted by Crippen LogP contribution is 2.31. The Kier molecular flexibility index (Phi) is 6.20. The first-order chi connectivity index (χ1) is 14.1. The van der Waals surface area contributed by atoms with Crippen LogP contribution >= 0.6 is 0 Å². The van der Waals surface area contributed by atoms with Gasteiger partial charge in [0.1, 0.15) is 11.4 Å². The van der Waals surface area contributed by atoms with E-state index in [2.05, 4.69) is 15.6 Å². The van der Waals surface area contributed by atoms with Gasteiger partial charge in [-0.3, -0.25) is 9.78 Å². The number of aromatic nitrogens is 1. The van der Waals surface area contributed by atoms with Crippen LogP contribution in [0.5, 0.6) is 0 Å². The van der Waals surface area contributed by atoms with Crippen molar-refractivity contribution in [2.75, 3.05) is 5.32 Å². The molecule has 0 spiro atoms. The van der Waals surface area contributed by atoms with E-state index < -0.39 is 29.5 Å². The van der Waals surface area contributed by atoms with E-state index in [4.69, 9.17) is 4.74 Å². The topological polar surface area (TPSA) is 80.3 Å². The molecule has 6 nitrogen and oxygen atoms in total. The molecular weight excluding hydrogens is 385 g/mol. The number of anilines is 1. The Balaban J connectivity index is 2.04. The van der Waals surface area contributed by atoms with E-state index in [-0.39, 0.29) is 5.91 Å². The summed E-state index contributed by atoms with van der Waals surface area (Å²) in [5, 5.41) is 5.73. The molecule has 0 radical (unpaired) electrons. The van der Waals surface area contributed by atoms with Crippen molar-refractivity contribution in [2.45, 2.75) is 45.8 Å². The van der Waals surface area contributed by atoms with Crippen molar-refractivity contribution in [3.05, 3.63) is 60.2 Å². The molecule has 0 saturated heterocycles. The predicted molar refractivity (Wildman–Crippen MR) is 113 cm³/mol. The molecule has 2 N–H and O–H groups in total.